The summed E-state index contributed by atoms with van der Waals surface area (Å²) in [6, 6.07) is 2.43. The van der Waals surface area contributed by atoms with Gasteiger partial charge in [-0.25, -0.2) is 0 Å². The number of hydrogen-bond donors (Lipinski definition) is 3. The molecule has 0 heterocycles. The van der Waals surface area contributed by atoms with Crippen LogP contribution in [-0.2, 0) is 4.79 Å². The highest BCUT2D eigenvalue weighted by atomic mass is 16.3. The fraction of sp³-hybridized carbons (Fsp3) is 0.462. The molecule has 1 aromatic carbocycles. The van der Waals surface area contributed by atoms with Gasteiger partial charge in [0.2, 0.25) is 0 Å². The number of carbonyl (C=O) groups is 1. The maximum atomic E-state index is 11.7. The van der Waals surface area contributed by atoms with Crippen LogP contribution in [0.5, 0.6) is 17.2 Å². The van der Waals surface area contributed by atoms with Crippen molar-refractivity contribution in [2.75, 3.05) is 0 Å². The fourth-order valence-electron chi connectivity index (χ4n) is 3.13. The van der Waals surface area contributed by atoms with Crippen LogP contribution in [0.25, 0.3) is 0 Å². The van der Waals surface area contributed by atoms with Gasteiger partial charge in [-0.1, -0.05) is 0 Å². The second-order valence-corrected chi connectivity index (χ2v) is 5.10. The summed E-state index contributed by atoms with van der Waals surface area (Å²) in [5.41, 5.74) is 0.416. The highest BCUT2D eigenvalue weighted by Gasteiger charge is 2.47. The number of fused-ring (bicyclic) bond motifs is 2. The predicted molar refractivity (Wildman–Crippen MR) is 60.0 cm³/mol. The van der Waals surface area contributed by atoms with Gasteiger partial charge in [0.15, 0.2) is 0 Å². The Balaban J connectivity index is 2.01. The van der Waals surface area contributed by atoms with Gasteiger partial charge in [0, 0.05) is 36.0 Å². The molecule has 2 bridgehead atoms. The maximum Gasteiger partial charge on any atom is 0.136 e. The Kier molecular flexibility index (Phi) is 2.08. The molecule has 17 heavy (non-hydrogen) atoms. The van der Waals surface area contributed by atoms with Crippen LogP contribution < -0.4 is 0 Å². The lowest BCUT2D eigenvalue weighted by atomic mass is 9.57. The molecule has 0 spiro atoms. The monoisotopic (exact) mass is 234 g/mol. The van der Waals surface area contributed by atoms with Crippen molar-refractivity contribution in [1.82, 2.24) is 0 Å². The number of carbonyl (C=O) groups excluding carboxylic acids is 1. The molecule has 0 amide bonds. The van der Waals surface area contributed by atoms with E-state index in [1.807, 2.05) is 0 Å². The minimum absolute atomic E-state index is 0.104. The van der Waals surface area contributed by atoms with E-state index < -0.39 is 0 Å². The second kappa shape index (κ2) is 3.39. The minimum Gasteiger partial charge on any atom is -0.508 e. The van der Waals surface area contributed by atoms with Crippen LogP contribution in [0.2, 0.25) is 0 Å². The number of phenolic OH excluding ortho intramolecular Hbond substituents is 3. The zero-order chi connectivity index (χ0) is 12.2. The van der Waals surface area contributed by atoms with E-state index in [1.54, 1.807) is 0 Å². The summed E-state index contributed by atoms with van der Waals surface area (Å²) in [4.78, 5) is 11.7. The molecule has 90 valence electrons. The van der Waals surface area contributed by atoms with Crippen LogP contribution in [0, 0.1) is 11.8 Å². The number of ketones is 1. The van der Waals surface area contributed by atoms with Crippen molar-refractivity contribution in [1.29, 1.82) is 0 Å². The van der Waals surface area contributed by atoms with E-state index in [0.717, 1.165) is 12.8 Å². The summed E-state index contributed by atoms with van der Waals surface area (Å²) < 4.78 is 0. The molecule has 4 rings (SSSR count). The molecule has 1 atom stereocenters. The summed E-state index contributed by atoms with van der Waals surface area (Å²) >= 11 is 0. The molecule has 3 saturated carbocycles. The molecular weight excluding hydrogens is 220 g/mol. The lowest BCUT2D eigenvalue weighted by molar-refractivity contribution is -0.133. The summed E-state index contributed by atoms with van der Waals surface area (Å²) in [5.74, 6) is 0.294. The Morgan fingerprint density at radius 1 is 1.06 bits per heavy atom. The normalized spacial score (nSPS) is 31.1. The van der Waals surface area contributed by atoms with Crippen molar-refractivity contribution < 1.29 is 20.1 Å². The summed E-state index contributed by atoms with van der Waals surface area (Å²) in [6.45, 7) is 0. The molecule has 1 aromatic rings. The first-order valence-corrected chi connectivity index (χ1v) is 5.84. The van der Waals surface area contributed by atoms with Crippen molar-refractivity contribution in [2.45, 2.75) is 25.2 Å². The average molecular weight is 234 g/mol. The van der Waals surface area contributed by atoms with Gasteiger partial charge < -0.3 is 15.3 Å². The lowest BCUT2D eigenvalue weighted by Gasteiger charge is -2.45. The first kappa shape index (κ1) is 10.4. The van der Waals surface area contributed by atoms with Crippen LogP contribution >= 0.6 is 0 Å². The van der Waals surface area contributed by atoms with E-state index in [0.29, 0.717) is 17.9 Å². The summed E-state index contributed by atoms with van der Waals surface area (Å²) in [6.07, 6.45) is 2.12. The van der Waals surface area contributed by atoms with Gasteiger partial charge in [0.05, 0.1) is 0 Å². The first-order valence-electron chi connectivity index (χ1n) is 5.84. The van der Waals surface area contributed by atoms with Gasteiger partial charge in [-0.2, -0.15) is 0 Å². The Hall–Kier alpha value is -1.71. The maximum absolute atomic E-state index is 11.7. The van der Waals surface area contributed by atoms with Gasteiger partial charge in [0.1, 0.15) is 23.0 Å². The first-order chi connectivity index (χ1) is 8.06. The van der Waals surface area contributed by atoms with Gasteiger partial charge in [-0.15, -0.1) is 0 Å². The van der Waals surface area contributed by atoms with Gasteiger partial charge in [0.25, 0.3) is 0 Å². The van der Waals surface area contributed by atoms with Gasteiger partial charge >= 0.3 is 0 Å². The van der Waals surface area contributed by atoms with Crippen molar-refractivity contribution in [3.05, 3.63) is 17.7 Å². The van der Waals surface area contributed by atoms with Crippen LogP contribution in [0.3, 0.4) is 0 Å². The third kappa shape index (κ3) is 1.47. The largest absolute Gasteiger partial charge is 0.508 e. The van der Waals surface area contributed by atoms with E-state index in [4.69, 9.17) is 0 Å². The van der Waals surface area contributed by atoms with Gasteiger partial charge in [-0.05, 0) is 18.8 Å². The molecule has 4 nitrogen and oxygen atoms in total. The average Bonchev–Trinajstić information content (AvgIpc) is 2.12. The second-order valence-electron chi connectivity index (χ2n) is 5.10. The minimum atomic E-state index is -0.169. The fourth-order valence-corrected chi connectivity index (χ4v) is 3.13. The Bertz CT molecular complexity index is 465. The zero-order valence-electron chi connectivity index (χ0n) is 9.26. The van der Waals surface area contributed by atoms with E-state index in [2.05, 4.69) is 0 Å². The summed E-state index contributed by atoms with van der Waals surface area (Å²) in [5, 5.41) is 28.9. The Labute approximate surface area is 98.5 Å². The third-order valence-electron chi connectivity index (χ3n) is 4.11. The van der Waals surface area contributed by atoms with E-state index >= 15 is 0 Å². The predicted octanol–water partition coefficient (Wildman–Crippen LogP) is 1.89. The highest BCUT2D eigenvalue weighted by Crippen LogP contribution is 2.54. The van der Waals surface area contributed by atoms with Crippen LogP contribution in [-0.4, -0.2) is 21.1 Å². The Morgan fingerprint density at radius 3 is 2.18 bits per heavy atom. The number of phenols is 3. The third-order valence-corrected chi connectivity index (χ3v) is 4.11. The molecule has 0 unspecified atom stereocenters. The zero-order valence-corrected chi connectivity index (χ0v) is 9.26. The molecule has 0 radical (unpaired) electrons. The molecule has 0 aliphatic heterocycles. The smallest absolute Gasteiger partial charge is 0.136 e. The van der Waals surface area contributed by atoms with E-state index in [1.165, 1.54) is 12.1 Å². The van der Waals surface area contributed by atoms with Crippen molar-refractivity contribution in [2.24, 2.45) is 11.8 Å². The molecule has 3 aliphatic rings. The standard InChI is InChI=1S/C13H14O4/c14-8-3-11(16)13(12(17)4-8)9-5-10(15)7-1-6(9)2-7/h3-4,6-7,9,14,16-17H,1-2,5H2/t6?,7?,9-/m1/s1. The molecule has 0 saturated heterocycles. The SMILES string of the molecule is O=C1C[C@@H](c2c(O)cc(O)cc2O)C2CC1C2. The number of benzene rings is 1. The molecule has 4 heteroatoms. The lowest BCUT2D eigenvalue weighted by Crippen LogP contribution is -2.41. The topological polar surface area (TPSA) is 77.8 Å². The molecule has 3 aliphatic carbocycles. The highest BCUT2D eigenvalue weighted by molar-refractivity contribution is 5.85. The van der Waals surface area contributed by atoms with Crippen LogP contribution in [0.1, 0.15) is 30.7 Å². The summed E-state index contributed by atoms with van der Waals surface area (Å²) in [7, 11) is 0. The quantitative estimate of drug-likeness (QED) is 0.693. The van der Waals surface area contributed by atoms with E-state index in [-0.39, 0.29) is 34.9 Å². The van der Waals surface area contributed by atoms with Crippen LogP contribution in [0.15, 0.2) is 12.1 Å². The Morgan fingerprint density at radius 2 is 1.65 bits per heavy atom. The van der Waals surface area contributed by atoms with Gasteiger partial charge in [-0.3, -0.25) is 4.79 Å². The molecule has 3 N–H and O–H groups in total. The molecule has 0 aromatic heterocycles. The number of Topliss-reactive ketones (excluding diaryl/α,β-unsaturated/α-hetero) is 1. The number of hydrogen-bond acceptors (Lipinski definition) is 4. The molecular formula is C13H14O4. The van der Waals surface area contributed by atoms with Crippen molar-refractivity contribution in [3.8, 4) is 17.2 Å². The van der Waals surface area contributed by atoms with Crippen molar-refractivity contribution >= 4 is 5.78 Å². The van der Waals surface area contributed by atoms with E-state index in [9.17, 15) is 20.1 Å². The molecule has 3 fully saturated rings. The number of rotatable bonds is 1. The van der Waals surface area contributed by atoms with Crippen LogP contribution in [0.4, 0.5) is 0 Å². The van der Waals surface area contributed by atoms with Crippen molar-refractivity contribution in [3.63, 3.8) is 0 Å². The number of aromatic hydroxyl groups is 3.